The Balaban J connectivity index is 2.27. The van der Waals surface area contributed by atoms with Gasteiger partial charge in [-0.15, -0.1) is 0 Å². The van der Waals surface area contributed by atoms with Crippen molar-refractivity contribution in [1.29, 1.82) is 0 Å². The lowest BCUT2D eigenvalue weighted by atomic mass is 10.2. The molecule has 0 aromatic rings. The molecule has 0 bridgehead atoms. The van der Waals surface area contributed by atoms with Crippen LogP contribution in [0.15, 0.2) is 4.99 Å². The summed E-state index contributed by atoms with van der Waals surface area (Å²) in [6.07, 6.45) is 1.92. The van der Waals surface area contributed by atoms with Crippen LogP contribution < -0.4 is 10.6 Å². The first kappa shape index (κ1) is 11.4. The third-order valence-corrected chi connectivity index (χ3v) is 3.02. The molecule has 14 heavy (non-hydrogen) atoms. The fraction of sp³-hybridized carbons (Fsp3) is 0.778. The second-order valence-corrected chi connectivity index (χ2v) is 4.23. The number of nitrogens with one attached hydrogen (secondary N) is 2. The summed E-state index contributed by atoms with van der Waals surface area (Å²) in [6.45, 7) is 4.94. The summed E-state index contributed by atoms with van der Waals surface area (Å²) in [5.41, 5.74) is 0. The fourth-order valence-electron chi connectivity index (χ4n) is 1.22. The normalized spacial score (nSPS) is 15.5. The highest BCUT2D eigenvalue weighted by Crippen LogP contribution is 2.08. The molecule has 1 aliphatic rings. The van der Waals surface area contributed by atoms with E-state index in [-0.39, 0.29) is 12.1 Å². The van der Waals surface area contributed by atoms with E-state index < -0.39 is 0 Å². The van der Waals surface area contributed by atoms with E-state index >= 15 is 0 Å². The van der Waals surface area contributed by atoms with Crippen molar-refractivity contribution in [2.75, 3.05) is 12.3 Å². The van der Waals surface area contributed by atoms with Crippen LogP contribution in [-0.4, -0.2) is 29.5 Å². The van der Waals surface area contributed by atoms with E-state index in [0.29, 0.717) is 0 Å². The van der Waals surface area contributed by atoms with Gasteiger partial charge in [0, 0.05) is 11.8 Å². The van der Waals surface area contributed by atoms with E-state index in [1.54, 1.807) is 11.8 Å². The zero-order valence-corrected chi connectivity index (χ0v) is 9.49. The van der Waals surface area contributed by atoms with Crippen LogP contribution in [-0.2, 0) is 0 Å². The number of amidine groups is 1. The minimum Gasteiger partial charge on any atom is -0.335 e. The summed E-state index contributed by atoms with van der Waals surface area (Å²) >= 11 is 1.59. The van der Waals surface area contributed by atoms with Crippen molar-refractivity contribution in [3.63, 3.8) is 0 Å². The molecule has 0 fully saturated rings. The average molecular weight is 215 g/mol. The van der Waals surface area contributed by atoms with Crippen LogP contribution >= 0.6 is 11.8 Å². The number of amides is 2. The Hall–Kier alpha value is -0.710. The maximum atomic E-state index is 11.4. The molecular weight excluding hydrogens is 198 g/mol. The molecule has 1 rings (SSSR count). The van der Waals surface area contributed by atoms with E-state index in [2.05, 4.69) is 29.5 Å². The smallest absolute Gasteiger partial charge is 0.321 e. The van der Waals surface area contributed by atoms with Gasteiger partial charge in [0.2, 0.25) is 0 Å². The number of rotatable bonds is 3. The molecule has 0 aliphatic carbocycles. The SMILES string of the molecule is CCC(CC)NC(=O)NC1=NCCS1. The van der Waals surface area contributed by atoms with Crippen molar-refractivity contribution in [3.8, 4) is 0 Å². The number of aliphatic imine (C=N–C) groups is 1. The van der Waals surface area contributed by atoms with E-state index in [1.807, 2.05) is 0 Å². The molecule has 0 unspecified atom stereocenters. The van der Waals surface area contributed by atoms with Crippen LogP contribution in [0.5, 0.6) is 0 Å². The number of nitrogens with zero attached hydrogens (tertiary/aromatic N) is 1. The largest absolute Gasteiger partial charge is 0.335 e. The molecule has 0 aromatic carbocycles. The number of carbonyl (C=O) groups is 1. The Kier molecular flexibility index (Phi) is 4.79. The van der Waals surface area contributed by atoms with Gasteiger partial charge in [-0.1, -0.05) is 25.6 Å². The minimum absolute atomic E-state index is 0.133. The van der Waals surface area contributed by atoms with Gasteiger partial charge in [0.1, 0.15) is 0 Å². The lowest BCUT2D eigenvalue weighted by Gasteiger charge is -2.14. The molecule has 4 nitrogen and oxygen atoms in total. The maximum Gasteiger partial charge on any atom is 0.321 e. The van der Waals surface area contributed by atoms with Crippen LogP contribution in [0.4, 0.5) is 4.79 Å². The Morgan fingerprint density at radius 1 is 1.57 bits per heavy atom. The first-order valence-electron chi connectivity index (χ1n) is 5.01. The lowest BCUT2D eigenvalue weighted by Crippen LogP contribution is -2.43. The van der Waals surface area contributed by atoms with Crippen molar-refractivity contribution < 1.29 is 4.79 Å². The second-order valence-electron chi connectivity index (χ2n) is 3.15. The molecule has 0 atom stereocenters. The number of carbonyl (C=O) groups excluding carboxylic acids is 1. The molecule has 0 saturated heterocycles. The predicted molar refractivity (Wildman–Crippen MR) is 60.8 cm³/mol. The highest BCUT2D eigenvalue weighted by Gasteiger charge is 2.12. The standard InChI is InChI=1S/C9H17N3OS/c1-3-7(4-2)11-8(13)12-9-10-5-6-14-9/h7H,3-6H2,1-2H3,(H2,10,11,12,13). The van der Waals surface area contributed by atoms with Gasteiger partial charge in [-0.05, 0) is 12.8 Å². The molecule has 0 saturated carbocycles. The fourth-order valence-corrected chi connectivity index (χ4v) is 1.95. The van der Waals surface area contributed by atoms with Gasteiger partial charge < -0.3 is 5.32 Å². The van der Waals surface area contributed by atoms with Gasteiger partial charge in [-0.25, -0.2) is 4.79 Å². The van der Waals surface area contributed by atoms with Crippen LogP contribution in [0.2, 0.25) is 0 Å². The van der Waals surface area contributed by atoms with Gasteiger partial charge in [-0.2, -0.15) is 0 Å². The van der Waals surface area contributed by atoms with Gasteiger partial charge in [0.05, 0.1) is 6.54 Å². The Morgan fingerprint density at radius 3 is 2.79 bits per heavy atom. The van der Waals surface area contributed by atoms with E-state index in [0.717, 1.165) is 30.3 Å². The first-order valence-corrected chi connectivity index (χ1v) is 5.99. The van der Waals surface area contributed by atoms with Crippen LogP contribution in [0, 0.1) is 0 Å². The monoisotopic (exact) mass is 215 g/mol. The van der Waals surface area contributed by atoms with E-state index in [1.165, 1.54) is 0 Å². The summed E-state index contributed by atoms with van der Waals surface area (Å²) in [5, 5.41) is 6.38. The Labute approximate surface area is 88.9 Å². The average Bonchev–Trinajstić information content (AvgIpc) is 2.66. The summed E-state index contributed by atoms with van der Waals surface area (Å²) in [7, 11) is 0. The van der Waals surface area contributed by atoms with Crippen LogP contribution in [0.3, 0.4) is 0 Å². The minimum atomic E-state index is -0.133. The van der Waals surface area contributed by atoms with Crippen molar-refractivity contribution >= 4 is 23.0 Å². The van der Waals surface area contributed by atoms with Gasteiger partial charge >= 0.3 is 6.03 Å². The molecule has 1 aliphatic heterocycles. The Bertz CT molecular complexity index is 226. The predicted octanol–water partition coefficient (Wildman–Crippen LogP) is 1.58. The van der Waals surface area contributed by atoms with E-state index in [4.69, 9.17) is 0 Å². The Morgan fingerprint density at radius 2 is 2.29 bits per heavy atom. The second kappa shape index (κ2) is 5.90. The van der Waals surface area contributed by atoms with Crippen LogP contribution in [0.25, 0.3) is 0 Å². The van der Waals surface area contributed by atoms with Crippen molar-refractivity contribution in [3.05, 3.63) is 0 Å². The van der Waals surface area contributed by atoms with Gasteiger partial charge in [-0.3, -0.25) is 10.3 Å². The van der Waals surface area contributed by atoms with Crippen LogP contribution in [0.1, 0.15) is 26.7 Å². The molecule has 2 amide bonds. The molecule has 0 spiro atoms. The summed E-state index contributed by atoms with van der Waals surface area (Å²) < 4.78 is 0. The molecule has 0 aromatic heterocycles. The van der Waals surface area contributed by atoms with Crippen molar-refractivity contribution in [2.45, 2.75) is 32.7 Å². The third kappa shape index (κ3) is 3.57. The zero-order valence-electron chi connectivity index (χ0n) is 8.67. The number of hydrogen-bond donors (Lipinski definition) is 2. The summed E-state index contributed by atoms with van der Waals surface area (Å²) in [6, 6.07) is 0.133. The quantitative estimate of drug-likeness (QED) is 0.751. The lowest BCUT2D eigenvalue weighted by molar-refractivity contribution is 0.241. The third-order valence-electron chi connectivity index (χ3n) is 2.13. The number of thioether (sulfide) groups is 1. The number of urea groups is 1. The first-order chi connectivity index (χ1) is 6.76. The summed E-state index contributed by atoms with van der Waals surface area (Å²) in [5.74, 6) is 0.973. The van der Waals surface area contributed by atoms with Crippen molar-refractivity contribution in [2.24, 2.45) is 4.99 Å². The van der Waals surface area contributed by atoms with E-state index in [9.17, 15) is 4.79 Å². The summed E-state index contributed by atoms with van der Waals surface area (Å²) in [4.78, 5) is 15.6. The molecule has 2 N–H and O–H groups in total. The highest BCUT2D eigenvalue weighted by atomic mass is 32.2. The zero-order chi connectivity index (χ0) is 10.4. The molecule has 5 heteroatoms. The topological polar surface area (TPSA) is 53.5 Å². The highest BCUT2D eigenvalue weighted by molar-refractivity contribution is 8.14. The molecule has 0 radical (unpaired) electrons. The molecule has 1 heterocycles. The maximum absolute atomic E-state index is 11.4. The molecule has 80 valence electrons. The number of hydrogen-bond acceptors (Lipinski definition) is 3. The van der Waals surface area contributed by atoms with Crippen molar-refractivity contribution in [1.82, 2.24) is 10.6 Å². The van der Waals surface area contributed by atoms with Gasteiger partial charge in [0.15, 0.2) is 5.17 Å². The molecular formula is C9H17N3OS. The van der Waals surface area contributed by atoms with Gasteiger partial charge in [0.25, 0.3) is 0 Å².